The monoisotopic (exact) mass is 497 g/mol. The Morgan fingerprint density at radius 2 is 2.03 bits per heavy atom. The standard InChI is InChI=1S/C27H27N7OS/c1-4-24(35)29-19-6-5-7-21(17-19)36-26-22-10-12-28-25(22)31-27(32-26)30-20-8-9-23-18(16-20)11-13-34(23)15-14-33(2)3/h4-13,16-17H,1,14-15H2,2-3H3,(H,29,35)(H2,28,30,31,32). The summed E-state index contributed by atoms with van der Waals surface area (Å²) in [6, 6.07) is 18.0. The van der Waals surface area contributed by atoms with E-state index in [4.69, 9.17) is 4.98 Å². The number of aromatic amines is 1. The molecule has 0 unspecified atom stereocenters. The molecule has 3 aromatic heterocycles. The lowest BCUT2D eigenvalue weighted by Gasteiger charge is -2.12. The first-order valence-corrected chi connectivity index (χ1v) is 12.4. The van der Waals surface area contributed by atoms with Gasteiger partial charge in [-0.15, -0.1) is 0 Å². The van der Waals surface area contributed by atoms with Gasteiger partial charge in [0.1, 0.15) is 10.7 Å². The molecule has 0 aliphatic carbocycles. The van der Waals surface area contributed by atoms with E-state index >= 15 is 0 Å². The Hall–Kier alpha value is -4.08. The molecular weight excluding hydrogens is 470 g/mol. The van der Waals surface area contributed by atoms with E-state index in [2.05, 4.69) is 81.2 Å². The fraction of sp³-hybridized carbons (Fsp3) is 0.148. The molecular formula is C27H27N7OS. The third-order valence-electron chi connectivity index (χ3n) is 5.70. The Bertz CT molecular complexity index is 1550. The van der Waals surface area contributed by atoms with E-state index in [1.807, 2.05) is 36.5 Å². The van der Waals surface area contributed by atoms with Gasteiger partial charge in [-0.2, -0.15) is 4.98 Å². The highest BCUT2D eigenvalue weighted by molar-refractivity contribution is 7.99. The number of hydrogen-bond donors (Lipinski definition) is 3. The maximum absolute atomic E-state index is 11.7. The summed E-state index contributed by atoms with van der Waals surface area (Å²) in [5, 5.41) is 9.07. The highest BCUT2D eigenvalue weighted by atomic mass is 32.2. The van der Waals surface area contributed by atoms with Crippen LogP contribution in [0.15, 0.2) is 89.6 Å². The maximum Gasteiger partial charge on any atom is 0.247 e. The first kappa shape index (κ1) is 23.7. The first-order valence-electron chi connectivity index (χ1n) is 11.6. The second-order valence-electron chi connectivity index (χ2n) is 8.63. The van der Waals surface area contributed by atoms with E-state index in [0.717, 1.165) is 45.1 Å². The van der Waals surface area contributed by atoms with E-state index in [1.165, 1.54) is 23.4 Å². The van der Waals surface area contributed by atoms with Crippen LogP contribution in [0.5, 0.6) is 0 Å². The van der Waals surface area contributed by atoms with Crippen LogP contribution in [0.2, 0.25) is 0 Å². The second-order valence-corrected chi connectivity index (χ2v) is 9.69. The lowest BCUT2D eigenvalue weighted by atomic mass is 10.2. The van der Waals surface area contributed by atoms with Gasteiger partial charge in [-0.3, -0.25) is 4.79 Å². The molecule has 0 atom stereocenters. The molecule has 2 aromatic carbocycles. The van der Waals surface area contributed by atoms with Gasteiger partial charge in [0.15, 0.2) is 0 Å². The zero-order valence-corrected chi connectivity index (χ0v) is 21.0. The molecule has 0 aliphatic rings. The van der Waals surface area contributed by atoms with Crippen molar-refractivity contribution in [3.63, 3.8) is 0 Å². The summed E-state index contributed by atoms with van der Waals surface area (Å²) in [5.41, 5.74) is 3.57. The van der Waals surface area contributed by atoms with Crippen molar-refractivity contribution in [2.75, 3.05) is 31.3 Å². The summed E-state index contributed by atoms with van der Waals surface area (Å²) >= 11 is 1.51. The average molecular weight is 498 g/mol. The summed E-state index contributed by atoms with van der Waals surface area (Å²) in [7, 11) is 4.16. The van der Waals surface area contributed by atoms with Crippen LogP contribution in [0.25, 0.3) is 21.9 Å². The SMILES string of the molecule is C=CC(=O)Nc1cccc(Sc2nc(Nc3ccc4c(ccn4CCN(C)C)c3)nc3[nH]ccc23)c1. The van der Waals surface area contributed by atoms with Crippen LogP contribution < -0.4 is 10.6 Å². The van der Waals surface area contributed by atoms with Gasteiger partial charge in [0.2, 0.25) is 11.9 Å². The van der Waals surface area contributed by atoms with Crippen molar-refractivity contribution in [2.24, 2.45) is 0 Å². The molecule has 0 fully saturated rings. The van der Waals surface area contributed by atoms with Gasteiger partial charge < -0.3 is 25.1 Å². The van der Waals surface area contributed by atoms with Crippen molar-refractivity contribution in [3.8, 4) is 0 Å². The molecule has 8 nitrogen and oxygen atoms in total. The van der Waals surface area contributed by atoms with Gasteiger partial charge in [0, 0.05) is 52.7 Å². The number of nitrogens with one attached hydrogen (secondary N) is 3. The highest BCUT2D eigenvalue weighted by Crippen LogP contribution is 2.34. The second kappa shape index (κ2) is 10.3. The predicted molar refractivity (Wildman–Crippen MR) is 147 cm³/mol. The number of amides is 1. The maximum atomic E-state index is 11.7. The molecule has 0 radical (unpaired) electrons. The molecule has 0 bridgehead atoms. The number of fused-ring (bicyclic) bond motifs is 2. The van der Waals surface area contributed by atoms with E-state index in [-0.39, 0.29) is 5.91 Å². The summed E-state index contributed by atoms with van der Waals surface area (Å²) in [5.74, 6) is 0.263. The van der Waals surface area contributed by atoms with E-state index in [1.54, 1.807) is 0 Å². The Morgan fingerprint density at radius 1 is 1.14 bits per heavy atom. The van der Waals surface area contributed by atoms with Crippen LogP contribution in [-0.4, -0.2) is 51.0 Å². The molecule has 9 heteroatoms. The number of H-pyrrole nitrogens is 1. The Morgan fingerprint density at radius 3 is 2.86 bits per heavy atom. The molecule has 3 N–H and O–H groups in total. The normalized spacial score (nSPS) is 11.3. The van der Waals surface area contributed by atoms with Crippen LogP contribution in [-0.2, 0) is 11.3 Å². The van der Waals surface area contributed by atoms with Gasteiger partial charge in [-0.05, 0) is 68.7 Å². The number of aromatic nitrogens is 4. The minimum atomic E-state index is -0.247. The van der Waals surface area contributed by atoms with Gasteiger partial charge in [-0.1, -0.05) is 24.4 Å². The molecule has 0 saturated carbocycles. The van der Waals surface area contributed by atoms with Crippen LogP contribution in [0.4, 0.5) is 17.3 Å². The van der Waals surface area contributed by atoms with Crippen LogP contribution in [0, 0.1) is 0 Å². The number of rotatable bonds is 9. The smallest absolute Gasteiger partial charge is 0.247 e. The predicted octanol–water partition coefficient (Wildman–Crippen LogP) is 5.49. The van der Waals surface area contributed by atoms with E-state index in [0.29, 0.717) is 11.6 Å². The van der Waals surface area contributed by atoms with Crippen molar-refractivity contribution < 1.29 is 4.79 Å². The van der Waals surface area contributed by atoms with E-state index < -0.39 is 0 Å². The third kappa shape index (κ3) is 5.27. The molecule has 0 aliphatic heterocycles. The molecule has 5 aromatic rings. The van der Waals surface area contributed by atoms with Gasteiger partial charge in [-0.25, -0.2) is 4.98 Å². The molecule has 3 heterocycles. The van der Waals surface area contributed by atoms with Crippen molar-refractivity contribution >= 4 is 56.9 Å². The molecule has 1 amide bonds. The van der Waals surface area contributed by atoms with Gasteiger partial charge in [0.05, 0.1) is 5.39 Å². The molecule has 182 valence electrons. The summed E-state index contributed by atoms with van der Waals surface area (Å²) < 4.78 is 2.26. The summed E-state index contributed by atoms with van der Waals surface area (Å²) in [4.78, 5) is 27.5. The fourth-order valence-corrected chi connectivity index (χ4v) is 4.86. The van der Waals surface area contributed by atoms with E-state index in [9.17, 15) is 4.79 Å². The van der Waals surface area contributed by atoms with Crippen molar-refractivity contribution in [1.29, 1.82) is 0 Å². The number of likely N-dealkylation sites (N-methyl/N-ethyl adjacent to an activating group) is 1. The van der Waals surface area contributed by atoms with Crippen LogP contribution in [0.1, 0.15) is 0 Å². The van der Waals surface area contributed by atoms with Crippen molar-refractivity contribution in [1.82, 2.24) is 24.4 Å². The van der Waals surface area contributed by atoms with Gasteiger partial charge in [0.25, 0.3) is 0 Å². The quantitative estimate of drug-likeness (QED) is 0.184. The molecule has 0 spiro atoms. The summed E-state index contributed by atoms with van der Waals surface area (Å²) in [6.07, 6.45) is 5.23. The molecule has 0 saturated heterocycles. The zero-order valence-electron chi connectivity index (χ0n) is 20.2. The molecule has 5 rings (SSSR count). The van der Waals surface area contributed by atoms with Gasteiger partial charge >= 0.3 is 0 Å². The molecule has 36 heavy (non-hydrogen) atoms. The topological polar surface area (TPSA) is 90.9 Å². The van der Waals surface area contributed by atoms with Crippen molar-refractivity contribution in [3.05, 3.63) is 79.6 Å². The number of anilines is 3. The van der Waals surface area contributed by atoms with Crippen molar-refractivity contribution in [2.45, 2.75) is 16.5 Å². The number of carbonyl (C=O) groups excluding carboxylic acids is 1. The minimum Gasteiger partial charge on any atom is -0.346 e. The summed E-state index contributed by atoms with van der Waals surface area (Å²) in [6.45, 7) is 5.43. The number of hydrogen-bond acceptors (Lipinski definition) is 6. The zero-order chi connectivity index (χ0) is 25.1. The Labute approximate surface area is 213 Å². The first-order chi connectivity index (χ1) is 17.5. The minimum absolute atomic E-state index is 0.247. The lowest BCUT2D eigenvalue weighted by Crippen LogP contribution is -2.17. The number of benzene rings is 2. The average Bonchev–Trinajstić information content (AvgIpc) is 3.49. The number of carbonyl (C=O) groups is 1. The van der Waals surface area contributed by atoms with Crippen LogP contribution >= 0.6 is 11.8 Å². The highest BCUT2D eigenvalue weighted by Gasteiger charge is 2.12. The lowest BCUT2D eigenvalue weighted by molar-refractivity contribution is -0.111. The third-order valence-corrected chi connectivity index (χ3v) is 6.69. The number of nitrogens with zero attached hydrogens (tertiary/aromatic N) is 4. The fourth-order valence-electron chi connectivity index (χ4n) is 3.90. The van der Waals surface area contributed by atoms with Crippen LogP contribution in [0.3, 0.4) is 0 Å². The Kier molecular flexibility index (Phi) is 6.75. The Balaban J connectivity index is 1.40. The largest absolute Gasteiger partial charge is 0.346 e.